The number of hydrogen-bond donors (Lipinski definition) is 2. The van der Waals surface area contributed by atoms with Crippen LogP contribution in [0.4, 0.5) is 0 Å². The summed E-state index contributed by atoms with van der Waals surface area (Å²) in [6.45, 7) is 3.07. The van der Waals surface area contributed by atoms with E-state index in [1.807, 2.05) is 0 Å². The normalized spacial score (nSPS) is 13.9. The molecular weight excluding hydrogens is 224 g/mol. The largest absolute Gasteiger partial charge is 0.493 e. The molecular formula is C12H16O5. The molecule has 0 radical (unpaired) electrons. The van der Waals surface area contributed by atoms with Crippen molar-refractivity contribution in [2.24, 2.45) is 0 Å². The zero-order valence-electron chi connectivity index (χ0n) is 10.0. The Morgan fingerprint density at radius 1 is 1.29 bits per heavy atom. The zero-order valence-corrected chi connectivity index (χ0v) is 10.0. The van der Waals surface area contributed by atoms with Gasteiger partial charge in [0.25, 0.3) is 0 Å². The lowest BCUT2D eigenvalue weighted by molar-refractivity contribution is -0.144. The molecule has 2 atom stereocenters. The van der Waals surface area contributed by atoms with Crippen LogP contribution in [-0.4, -0.2) is 29.4 Å². The standard InChI is InChI=1S/C12H16O5/c1-7(13)9-4-5-10(11(6-9)16-3)17-8(2)12(14)15/h4-8,13H,1-3H3,(H,14,15)/t7-,8?/m0/s1. The van der Waals surface area contributed by atoms with Crippen LogP contribution in [0.3, 0.4) is 0 Å². The Labute approximate surface area is 99.6 Å². The molecule has 0 saturated heterocycles. The van der Waals surface area contributed by atoms with E-state index in [4.69, 9.17) is 14.6 Å². The third-order valence-corrected chi connectivity index (χ3v) is 2.32. The topological polar surface area (TPSA) is 76.0 Å². The van der Waals surface area contributed by atoms with Crippen molar-refractivity contribution in [3.63, 3.8) is 0 Å². The van der Waals surface area contributed by atoms with E-state index in [1.165, 1.54) is 14.0 Å². The Morgan fingerprint density at radius 2 is 1.94 bits per heavy atom. The highest BCUT2D eigenvalue weighted by molar-refractivity contribution is 5.72. The Balaban J connectivity index is 2.96. The third kappa shape index (κ3) is 3.35. The molecule has 0 bridgehead atoms. The average Bonchev–Trinajstić information content (AvgIpc) is 2.28. The molecule has 0 aliphatic heterocycles. The Bertz CT molecular complexity index is 400. The molecule has 0 heterocycles. The minimum absolute atomic E-state index is 0.340. The number of rotatable bonds is 5. The molecule has 0 aliphatic carbocycles. The molecule has 1 unspecified atom stereocenters. The van der Waals surface area contributed by atoms with Gasteiger partial charge in [0.2, 0.25) is 0 Å². The van der Waals surface area contributed by atoms with E-state index < -0.39 is 18.2 Å². The van der Waals surface area contributed by atoms with E-state index in [9.17, 15) is 9.90 Å². The van der Waals surface area contributed by atoms with Crippen LogP contribution in [0, 0.1) is 0 Å². The molecule has 1 aromatic rings. The first-order valence-electron chi connectivity index (χ1n) is 5.21. The lowest BCUT2D eigenvalue weighted by Crippen LogP contribution is -2.23. The van der Waals surface area contributed by atoms with Gasteiger partial charge in [-0.05, 0) is 31.5 Å². The van der Waals surface area contributed by atoms with E-state index in [0.717, 1.165) is 0 Å². The summed E-state index contributed by atoms with van der Waals surface area (Å²) in [6, 6.07) is 4.87. The number of aliphatic hydroxyl groups is 1. The molecule has 2 N–H and O–H groups in total. The summed E-state index contributed by atoms with van der Waals surface area (Å²) in [5.74, 6) is -0.310. The third-order valence-electron chi connectivity index (χ3n) is 2.32. The molecule has 0 spiro atoms. The van der Waals surface area contributed by atoms with Crippen LogP contribution in [0.15, 0.2) is 18.2 Å². The zero-order chi connectivity index (χ0) is 13.0. The van der Waals surface area contributed by atoms with Gasteiger partial charge in [-0.25, -0.2) is 4.79 Å². The number of aliphatic carboxylic acids is 1. The molecule has 5 nitrogen and oxygen atoms in total. The number of carboxylic acid groups (broad SMARTS) is 1. The van der Waals surface area contributed by atoms with Crippen molar-refractivity contribution in [1.82, 2.24) is 0 Å². The molecule has 5 heteroatoms. The van der Waals surface area contributed by atoms with Gasteiger partial charge in [-0.3, -0.25) is 0 Å². The van der Waals surface area contributed by atoms with Crippen molar-refractivity contribution in [3.05, 3.63) is 23.8 Å². The van der Waals surface area contributed by atoms with E-state index in [2.05, 4.69) is 0 Å². The summed E-state index contributed by atoms with van der Waals surface area (Å²) in [5.41, 5.74) is 0.678. The molecule has 0 aliphatic rings. The van der Waals surface area contributed by atoms with Crippen molar-refractivity contribution in [3.8, 4) is 11.5 Å². The van der Waals surface area contributed by atoms with Gasteiger partial charge >= 0.3 is 5.97 Å². The van der Waals surface area contributed by atoms with Crippen LogP contribution in [0.25, 0.3) is 0 Å². The number of hydrogen-bond acceptors (Lipinski definition) is 4. The first-order chi connectivity index (χ1) is 7.95. The fourth-order valence-electron chi connectivity index (χ4n) is 1.28. The SMILES string of the molecule is COc1cc([C@H](C)O)ccc1OC(C)C(=O)O. The smallest absolute Gasteiger partial charge is 0.344 e. The van der Waals surface area contributed by atoms with E-state index in [1.54, 1.807) is 25.1 Å². The summed E-state index contributed by atoms with van der Waals surface area (Å²) in [4.78, 5) is 10.7. The van der Waals surface area contributed by atoms with Crippen molar-refractivity contribution >= 4 is 5.97 Å². The van der Waals surface area contributed by atoms with Gasteiger partial charge in [-0.2, -0.15) is 0 Å². The van der Waals surface area contributed by atoms with Crippen molar-refractivity contribution in [2.75, 3.05) is 7.11 Å². The summed E-state index contributed by atoms with van der Waals surface area (Å²) in [6.07, 6.45) is -1.57. The van der Waals surface area contributed by atoms with Gasteiger partial charge in [-0.15, -0.1) is 0 Å². The summed E-state index contributed by atoms with van der Waals surface area (Å²) in [7, 11) is 1.46. The lowest BCUT2D eigenvalue weighted by atomic mass is 10.1. The maximum Gasteiger partial charge on any atom is 0.344 e. The first kappa shape index (κ1) is 13.3. The highest BCUT2D eigenvalue weighted by atomic mass is 16.5. The quantitative estimate of drug-likeness (QED) is 0.817. The first-order valence-corrected chi connectivity index (χ1v) is 5.21. The Kier molecular flexibility index (Phi) is 4.34. The molecule has 0 saturated carbocycles. The van der Waals surface area contributed by atoms with E-state index in [0.29, 0.717) is 17.1 Å². The average molecular weight is 240 g/mol. The fourth-order valence-corrected chi connectivity index (χ4v) is 1.28. The number of carboxylic acids is 1. The van der Waals surface area contributed by atoms with Gasteiger partial charge in [0, 0.05) is 0 Å². The summed E-state index contributed by atoms with van der Waals surface area (Å²) < 4.78 is 10.3. The molecule has 1 aromatic carbocycles. The minimum Gasteiger partial charge on any atom is -0.493 e. The lowest BCUT2D eigenvalue weighted by Gasteiger charge is -2.15. The molecule has 17 heavy (non-hydrogen) atoms. The second kappa shape index (κ2) is 5.54. The van der Waals surface area contributed by atoms with E-state index in [-0.39, 0.29) is 0 Å². The van der Waals surface area contributed by atoms with E-state index >= 15 is 0 Å². The van der Waals surface area contributed by atoms with Gasteiger partial charge in [-0.1, -0.05) is 6.07 Å². The predicted molar refractivity (Wildman–Crippen MR) is 61.4 cm³/mol. The van der Waals surface area contributed by atoms with Gasteiger partial charge in [0.1, 0.15) is 0 Å². The highest BCUT2D eigenvalue weighted by Gasteiger charge is 2.16. The monoisotopic (exact) mass is 240 g/mol. The molecule has 1 rings (SSSR count). The van der Waals surface area contributed by atoms with Crippen molar-refractivity contribution < 1.29 is 24.5 Å². The molecule has 0 aromatic heterocycles. The minimum atomic E-state index is -1.05. The number of ether oxygens (including phenoxy) is 2. The predicted octanol–water partition coefficient (Wildman–Crippen LogP) is 1.60. The molecule has 0 fully saturated rings. The van der Waals surface area contributed by atoms with Crippen LogP contribution in [-0.2, 0) is 4.79 Å². The number of methoxy groups -OCH3 is 1. The number of carbonyl (C=O) groups is 1. The Hall–Kier alpha value is -1.75. The van der Waals surface area contributed by atoms with Gasteiger partial charge in [0.15, 0.2) is 17.6 Å². The molecule has 94 valence electrons. The maximum atomic E-state index is 10.7. The van der Waals surface area contributed by atoms with Crippen LogP contribution in [0.1, 0.15) is 25.5 Å². The number of benzene rings is 1. The maximum absolute atomic E-state index is 10.7. The van der Waals surface area contributed by atoms with Crippen molar-refractivity contribution in [1.29, 1.82) is 0 Å². The summed E-state index contributed by atoms with van der Waals surface area (Å²) in [5, 5.41) is 18.2. The van der Waals surface area contributed by atoms with Gasteiger partial charge < -0.3 is 19.7 Å². The van der Waals surface area contributed by atoms with Crippen LogP contribution < -0.4 is 9.47 Å². The Morgan fingerprint density at radius 3 is 2.41 bits per heavy atom. The summed E-state index contributed by atoms with van der Waals surface area (Å²) >= 11 is 0. The second-order valence-electron chi connectivity index (χ2n) is 3.68. The van der Waals surface area contributed by atoms with Crippen molar-refractivity contribution in [2.45, 2.75) is 26.1 Å². The second-order valence-corrected chi connectivity index (χ2v) is 3.68. The van der Waals surface area contributed by atoms with Gasteiger partial charge in [0.05, 0.1) is 13.2 Å². The molecule has 0 amide bonds. The van der Waals surface area contributed by atoms with Crippen LogP contribution >= 0.6 is 0 Å². The van der Waals surface area contributed by atoms with Crippen LogP contribution in [0.2, 0.25) is 0 Å². The highest BCUT2D eigenvalue weighted by Crippen LogP contribution is 2.30. The van der Waals surface area contributed by atoms with Crippen LogP contribution in [0.5, 0.6) is 11.5 Å². The number of aliphatic hydroxyl groups excluding tert-OH is 1. The fraction of sp³-hybridized carbons (Fsp3) is 0.417.